The standard InChI is InChI=1S/C20H25N5O2/c1-23-14-21-22-20(23)16-7-9-24(10-8-16)19(27)13-25-12-17(11-18(25)26)15-5-3-2-4-6-15/h2-6,14,16-17H,7-13H2,1H3. The van der Waals surface area contributed by atoms with E-state index in [0.717, 1.165) is 18.7 Å². The molecule has 0 N–H and O–H groups in total. The third-order valence-corrected chi connectivity index (χ3v) is 5.77. The minimum atomic E-state index is 0.0495. The quantitative estimate of drug-likeness (QED) is 0.822. The second kappa shape index (κ2) is 7.50. The molecule has 7 heteroatoms. The van der Waals surface area contributed by atoms with Crippen LogP contribution in [0.4, 0.5) is 0 Å². The van der Waals surface area contributed by atoms with E-state index in [4.69, 9.17) is 0 Å². The van der Waals surface area contributed by atoms with Gasteiger partial charge in [0.25, 0.3) is 0 Å². The third-order valence-electron chi connectivity index (χ3n) is 5.77. The molecule has 1 atom stereocenters. The average molecular weight is 367 g/mol. The van der Waals surface area contributed by atoms with Gasteiger partial charge in [-0.2, -0.15) is 0 Å². The second-order valence-electron chi connectivity index (χ2n) is 7.54. The van der Waals surface area contributed by atoms with Crippen LogP contribution in [0.1, 0.15) is 42.5 Å². The number of hydrogen-bond acceptors (Lipinski definition) is 4. The molecule has 2 aromatic rings. The maximum Gasteiger partial charge on any atom is 0.242 e. The summed E-state index contributed by atoms with van der Waals surface area (Å²) >= 11 is 0. The van der Waals surface area contributed by atoms with Gasteiger partial charge in [-0.25, -0.2) is 0 Å². The summed E-state index contributed by atoms with van der Waals surface area (Å²) in [6.45, 7) is 2.24. The van der Waals surface area contributed by atoms with Gasteiger partial charge in [0.05, 0.1) is 6.54 Å². The summed E-state index contributed by atoms with van der Waals surface area (Å²) in [6, 6.07) is 10.1. The molecule has 4 rings (SSSR count). The van der Waals surface area contributed by atoms with E-state index in [1.54, 1.807) is 11.2 Å². The van der Waals surface area contributed by atoms with Gasteiger partial charge in [-0.1, -0.05) is 30.3 Å². The Morgan fingerprint density at radius 1 is 1.15 bits per heavy atom. The number of aryl methyl sites for hydroxylation is 1. The van der Waals surface area contributed by atoms with Crippen LogP contribution in [-0.2, 0) is 16.6 Å². The zero-order chi connectivity index (χ0) is 18.8. The molecule has 0 aliphatic carbocycles. The molecule has 2 saturated heterocycles. The first kappa shape index (κ1) is 17.7. The van der Waals surface area contributed by atoms with Gasteiger partial charge >= 0.3 is 0 Å². The minimum absolute atomic E-state index is 0.0495. The van der Waals surface area contributed by atoms with Crippen LogP contribution < -0.4 is 0 Å². The van der Waals surface area contributed by atoms with Crippen LogP contribution in [-0.4, -0.2) is 62.6 Å². The molecule has 2 fully saturated rings. The number of rotatable bonds is 4. The first-order chi connectivity index (χ1) is 13.1. The lowest BCUT2D eigenvalue weighted by Crippen LogP contribution is -2.44. The van der Waals surface area contributed by atoms with E-state index in [2.05, 4.69) is 22.3 Å². The number of benzene rings is 1. The molecule has 27 heavy (non-hydrogen) atoms. The topological polar surface area (TPSA) is 71.3 Å². The molecule has 1 unspecified atom stereocenters. The summed E-state index contributed by atoms with van der Waals surface area (Å²) in [6.07, 6.45) is 3.98. The first-order valence-corrected chi connectivity index (χ1v) is 9.56. The van der Waals surface area contributed by atoms with Crippen LogP contribution in [0.3, 0.4) is 0 Å². The Kier molecular flexibility index (Phi) is 4.92. The van der Waals surface area contributed by atoms with Crippen LogP contribution in [0.5, 0.6) is 0 Å². The Bertz CT molecular complexity index is 811. The van der Waals surface area contributed by atoms with Crippen molar-refractivity contribution in [1.29, 1.82) is 0 Å². The lowest BCUT2D eigenvalue weighted by Gasteiger charge is -2.32. The highest BCUT2D eigenvalue weighted by atomic mass is 16.2. The normalized spacial score (nSPS) is 21.1. The Labute approximate surface area is 159 Å². The molecule has 0 bridgehead atoms. The van der Waals surface area contributed by atoms with Crippen molar-refractivity contribution in [2.24, 2.45) is 7.05 Å². The van der Waals surface area contributed by atoms with Gasteiger partial charge in [-0.05, 0) is 18.4 Å². The number of aromatic nitrogens is 3. The molecule has 1 aromatic heterocycles. The van der Waals surface area contributed by atoms with Crippen molar-refractivity contribution in [2.75, 3.05) is 26.2 Å². The number of carbonyl (C=O) groups is 2. The van der Waals surface area contributed by atoms with Crippen molar-refractivity contribution in [1.82, 2.24) is 24.6 Å². The van der Waals surface area contributed by atoms with Gasteiger partial charge in [0, 0.05) is 44.9 Å². The van der Waals surface area contributed by atoms with Crippen LogP contribution in [0, 0.1) is 0 Å². The molecule has 0 saturated carbocycles. The van der Waals surface area contributed by atoms with Crippen molar-refractivity contribution in [2.45, 2.75) is 31.1 Å². The fraction of sp³-hybridized carbons (Fsp3) is 0.500. The third kappa shape index (κ3) is 3.72. The zero-order valence-corrected chi connectivity index (χ0v) is 15.6. The van der Waals surface area contributed by atoms with Crippen molar-refractivity contribution < 1.29 is 9.59 Å². The van der Waals surface area contributed by atoms with E-state index in [1.165, 1.54) is 5.56 Å². The molecular weight excluding hydrogens is 342 g/mol. The lowest BCUT2D eigenvalue weighted by atomic mass is 9.96. The summed E-state index contributed by atoms with van der Waals surface area (Å²) in [7, 11) is 1.95. The summed E-state index contributed by atoms with van der Waals surface area (Å²) in [5, 5.41) is 8.14. The Morgan fingerprint density at radius 2 is 1.89 bits per heavy atom. The summed E-state index contributed by atoms with van der Waals surface area (Å²) in [5.74, 6) is 1.65. The first-order valence-electron chi connectivity index (χ1n) is 9.56. The zero-order valence-electron chi connectivity index (χ0n) is 15.6. The van der Waals surface area contributed by atoms with Crippen LogP contribution in [0.15, 0.2) is 36.7 Å². The molecule has 7 nitrogen and oxygen atoms in total. The Morgan fingerprint density at radius 3 is 2.56 bits per heavy atom. The van der Waals surface area contributed by atoms with Gasteiger partial charge < -0.3 is 14.4 Å². The highest BCUT2D eigenvalue weighted by molar-refractivity contribution is 5.86. The molecule has 2 aliphatic rings. The number of carbonyl (C=O) groups excluding carboxylic acids is 2. The molecule has 142 valence electrons. The summed E-state index contributed by atoms with van der Waals surface area (Å²) in [4.78, 5) is 28.7. The largest absolute Gasteiger partial charge is 0.341 e. The average Bonchev–Trinajstić information content (AvgIpc) is 3.28. The predicted molar refractivity (Wildman–Crippen MR) is 99.9 cm³/mol. The maximum atomic E-state index is 12.7. The number of amides is 2. The molecule has 0 spiro atoms. The monoisotopic (exact) mass is 367 g/mol. The van der Waals surface area contributed by atoms with Crippen molar-refractivity contribution in [3.05, 3.63) is 48.0 Å². The fourth-order valence-electron chi connectivity index (χ4n) is 4.19. The van der Waals surface area contributed by atoms with Gasteiger partial charge in [0.15, 0.2) is 0 Å². The molecule has 1 aromatic carbocycles. The van der Waals surface area contributed by atoms with Crippen LogP contribution in [0.2, 0.25) is 0 Å². The lowest BCUT2D eigenvalue weighted by molar-refractivity contribution is -0.139. The van der Waals surface area contributed by atoms with E-state index in [9.17, 15) is 9.59 Å². The Hall–Kier alpha value is -2.70. The molecule has 2 aliphatic heterocycles. The second-order valence-corrected chi connectivity index (χ2v) is 7.54. The molecule has 0 radical (unpaired) electrons. The summed E-state index contributed by atoms with van der Waals surface area (Å²) in [5.41, 5.74) is 1.17. The predicted octanol–water partition coefficient (Wildman–Crippen LogP) is 1.54. The number of hydrogen-bond donors (Lipinski definition) is 0. The van der Waals surface area contributed by atoms with Gasteiger partial charge in [0.2, 0.25) is 11.8 Å². The van der Waals surface area contributed by atoms with Crippen molar-refractivity contribution in [3.8, 4) is 0 Å². The highest BCUT2D eigenvalue weighted by Crippen LogP contribution is 2.29. The van der Waals surface area contributed by atoms with Gasteiger partial charge in [-0.3, -0.25) is 9.59 Å². The maximum absolute atomic E-state index is 12.7. The SMILES string of the molecule is Cn1cnnc1C1CCN(C(=O)CN2CC(c3ccccc3)CC2=O)CC1. The van der Waals surface area contributed by atoms with E-state index in [0.29, 0.717) is 32.0 Å². The molecular formula is C20H25N5O2. The van der Waals surface area contributed by atoms with Gasteiger partial charge in [0.1, 0.15) is 12.2 Å². The summed E-state index contributed by atoms with van der Waals surface area (Å²) < 4.78 is 1.95. The fourth-order valence-corrected chi connectivity index (χ4v) is 4.19. The van der Waals surface area contributed by atoms with Gasteiger partial charge in [-0.15, -0.1) is 10.2 Å². The smallest absolute Gasteiger partial charge is 0.242 e. The number of nitrogens with zero attached hydrogens (tertiary/aromatic N) is 5. The van der Waals surface area contributed by atoms with E-state index < -0.39 is 0 Å². The Balaban J connectivity index is 1.31. The number of likely N-dealkylation sites (tertiary alicyclic amines) is 2. The van der Waals surface area contributed by atoms with E-state index >= 15 is 0 Å². The van der Waals surface area contributed by atoms with E-state index in [-0.39, 0.29) is 24.3 Å². The minimum Gasteiger partial charge on any atom is -0.341 e. The van der Waals surface area contributed by atoms with Crippen LogP contribution in [0.25, 0.3) is 0 Å². The van der Waals surface area contributed by atoms with Crippen molar-refractivity contribution in [3.63, 3.8) is 0 Å². The highest BCUT2D eigenvalue weighted by Gasteiger charge is 2.33. The van der Waals surface area contributed by atoms with Crippen molar-refractivity contribution >= 4 is 11.8 Å². The number of piperidine rings is 1. The molecule has 2 amide bonds. The van der Waals surface area contributed by atoms with E-state index in [1.807, 2.05) is 34.7 Å². The molecule has 3 heterocycles. The van der Waals surface area contributed by atoms with Crippen LogP contribution >= 0.6 is 0 Å².